The Morgan fingerprint density at radius 2 is 1.88 bits per heavy atom. The molecule has 2 aromatic carbocycles. The monoisotopic (exact) mass is 361 g/mol. The number of fused-ring (bicyclic) bond motifs is 1. The second-order valence-corrected chi connectivity index (χ2v) is 7.84. The molecular formula is C16H15N3O3S2. The van der Waals surface area contributed by atoms with Gasteiger partial charge in [-0.05, 0) is 31.2 Å². The molecule has 0 atom stereocenters. The number of aromatic nitrogens is 1. The van der Waals surface area contributed by atoms with Gasteiger partial charge in [-0.25, -0.2) is 18.2 Å². The fraction of sp³-hybridized carbons (Fsp3) is 0.125. The number of thiazole rings is 1. The Labute approximate surface area is 143 Å². The zero-order valence-electron chi connectivity index (χ0n) is 12.8. The number of amides is 2. The van der Waals surface area contributed by atoms with Crippen LogP contribution in [0.5, 0.6) is 0 Å². The van der Waals surface area contributed by atoms with Crippen LogP contribution in [0, 0.1) is 0 Å². The van der Waals surface area contributed by atoms with E-state index in [4.69, 9.17) is 0 Å². The lowest BCUT2D eigenvalue weighted by Crippen LogP contribution is -2.28. The minimum absolute atomic E-state index is 0.188. The smallest absolute Gasteiger partial charge is 0.321 e. The van der Waals surface area contributed by atoms with E-state index in [0.29, 0.717) is 21.9 Å². The van der Waals surface area contributed by atoms with Crippen molar-refractivity contribution in [2.45, 2.75) is 16.7 Å². The van der Waals surface area contributed by atoms with Gasteiger partial charge in [-0.3, -0.25) is 5.32 Å². The van der Waals surface area contributed by atoms with Crippen molar-refractivity contribution in [2.24, 2.45) is 0 Å². The number of nitrogens with zero attached hydrogens (tertiary/aromatic N) is 1. The number of anilines is 1. The maximum atomic E-state index is 12.9. The normalized spacial score (nSPS) is 11.4. The molecule has 0 saturated heterocycles. The molecule has 24 heavy (non-hydrogen) atoms. The Morgan fingerprint density at radius 1 is 1.12 bits per heavy atom. The molecule has 124 valence electrons. The molecule has 0 radical (unpaired) electrons. The third-order valence-electron chi connectivity index (χ3n) is 3.28. The molecule has 0 spiro atoms. The van der Waals surface area contributed by atoms with Crippen molar-refractivity contribution >= 4 is 42.6 Å². The molecule has 0 bridgehead atoms. The van der Waals surface area contributed by atoms with E-state index in [2.05, 4.69) is 15.6 Å². The summed E-state index contributed by atoms with van der Waals surface area (Å²) >= 11 is 1.14. The Hall–Kier alpha value is -2.45. The van der Waals surface area contributed by atoms with Gasteiger partial charge in [-0.1, -0.05) is 35.6 Å². The van der Waals surface area contributed by atoms with E-state index in [9.17, 15) is 13.2 Å². The lowest BCUT2D eigenvalue weighted by Gasteiger charge is -2.04. The lowest BCUT2D eigenvalue weighted by atomic mass is 10.3. The highest BCUT2D eigenvalue weighted by Gasteiger charge is 2.22. The molecule has 0 unspecified atom stereocenters. The zero-order chi connectivity index (χ0) is 17.2. The van der Waals surface area contributed by atoms with E-state index in [-0.39, 0.29) is 15.8 Å². The summed E-state index contributed by atoms with van der Waals surface area (Å²) in [6.45, 7) is 2.30. The number of sulfone groups is 1. The number of carbonyl (C=O) groups is 1. The summed E-state index contributed by atoms with van der Waals surface area (Å²) in [6, 6.07) is 12.8. The number of urea groups is 1. The first-order valence-corrected chi connectivity index (χ1v) is 9.57. The first-order valence-electron chi connectivity index (χ1n) is 7.27. The Bertz CT molecular complexity index is 982. The molecule has 1 aromatic heterocycles. The van der Waals surface area contributed by atoms with Crippen LogP contribution >= 0.6 is 11.3 Å². The van der Waals surface area contributed by atoms with Crippen LogP contribution in [0.2, 0.25) is 0 Å². The molecule has 6 nitrogen and oxygen atoms in total. The molecule has 0 aliphatic heterocycles. The molecule has 0 aliphatic rings. The van der Waals surface area contributed by atoms with Crippen LogP contribution in [0.1, 0.15) is 6.92 Å². The van der Waals surface area contributed by atoms with Gasteiger partial charge < -0.3 is 5.32 Å². The summed E-state index contributed by atoms with van der Waals surface area (Å²) < 4.78 is 26.2. The topological polar surface area (TPSA) is 88.2 Å². The summed E-state index contributed by atoms with van der Waals surface area (Å²) in [5.74, 6) is 0. The first kappa shape index (κ1) is 16.4. The van der Waals surface area contributed by atoms with Gasteiger partial charge in [-0.15, -0.1) is 0 Å². The number of benzene rings is 2. The van der Waals surface area contributed by atoms with Gasteiger partial charge in [0.15, 0.2) is 5.13 Å². The van der Waals surface area contributed by atoms with Gasteiger partial charge in [-0.2, -0.15) is 0 Å². The molecule has 0 fully saturated rings. The number of hydrogen-bond donors (Lipinski definition) is 2. The lowest BCUT2D eigenvalue weighted by molar-refractivity contribution is 0.252. The fourth-order valence-electron chi connectivity index (χ4n) is 2.22. The fourth-order valence-corrected chi connectivity index (χ4v) is 4.92. The van der Waals surface area contributed by atoms with Crippen LogP contribution in [-0.4, -0.2) is 26.0 Å². The van der Waals surface area contributed by atoms with Crippen molar-refractivity contribution in [2.75, 3.05) is 11.9 Å². The molecule has 3 rings (SSSR count). The van der Waals surface area contributed by atoms with Gasteiger partial charge in [0, 0.05) is 6.54 Å². The number of nitrogens with one attached hydrogen (secondary N) is 2. The van der Waals surface area contributed by atoms with E-state index >= 15 is 0 Å². The largest absolute Gasteiger partial charge is 0.338 e. The van der Waals surface area contributed by atoms with Gasteiger partial charge in [0.2, 0.25) is 9.84 Å². The van der Waals surface area contributed by atoms with E-state index in [1.165, 1.54) is 0 Å². The van der Waals surface area contributed by atoms with Crippen molar-refractivity contribution < 1.29 is 13.2 Å². The average molecular weight is 361 g/mol. The minimum atomic E-state index is -3.65. The maximum absolute atomic E-state index is 12.9. The molecule has 1 heterocycles. The van der Waals surface area contributed by atoms with Gasteiger partial charge >= 0.3 is 6.03 Å². The molecule has 3 aromatic rings. The van der Waals surface area contributed by atoms with Crippen LogP contribution in [-0.2, 0) is 9.84 Å². The SMILES string of the molecule is CCNC(=O)Nc1nc2cccc(S(=O)(=O)c3ccccc3)c2s1. The van der Waals surface area contributed by atoms with Crippen molar-refractivity contribution in [3.8, 4) is 0 Å². The summed E-state index contributed by atoms with van der Waals surface area (Å²) in [4.78, 5) is 16.3. The van der Waals surface area contributed by atoms with Crippen molar-refractivity contribution in [1.29, 1.82) is 0 Å². The molecule has 8 heteroatoms. The van der Waals surface area contributed by atoms with Crippen molar-refractivity contribution in [3.63, 3.8) is 0 Å². The predicted molar refractivity (Wildman–Crippen MR) is 94.2 cm³/mol. The summed E-state index contributed by atoms with van der Waals surface area (Å²) in [7, 11) is -3.65. The first-order chi connectivity index (χ1) is 11.5. The molecule has 0 aliphatic carbocycles. The highest BCUT2D eigenvalue weighted by molar-refractivity contribution is 7.92. The predicted octanol–water partition coefficient (Wildman–Crippen LogP) is 3.27. The average Bonchev–Trinajstić information content (AvgIpc) is 2.97. The number of hydrogen-bond acceptors (Lipinski definition) is 5. The molecule has 2 amide bonds. The van der Waals surface area contributed by atoms with Crippen molar-refractivity contribution in [3.05, 3.63) is 48.5 Å². The van der Waals surface area contributed by atoms with E-state index < -0.39 is 9.84 Å². The van der Waals surface area contributed by atoms with E-state index in [0.717, 1.165) is 11.3 Å². The van der Waals surface area contributed by atoms with Gasteiger partial charge in [0.1, 0.15) is 0 Å². The number of carbonyl (C=O) groups excluding carboxylic acids is 1. The van der Waals surface area contributed by atoms with Crippen molar-refractivity contribution in [1.82, 2.24) is 10.3 Å². The molecule has 2 N–H and O–H groups in total. The highest BCUT2D eigenvalue weighted by Crippen LogP contribution is 2.34. The van der Waals surface area contributed by atoms with Crippen LogP contribution in [0.25, 0.3) is 10.2 Å². The summed E-state index contributed by atoms with van der Waals surface area (Å²) in [6.07, 6.45) is 0. The van der Waals surface area contributed by atoms with Gasteiger partial charge in [0.25, 0.3) is 0 Å². The Kier molecular flexibility index (Phi) is 4.50. The van der Waals surface area contributed by atoms with Crippen LogP contribution < -0.4 is 10.6 Å². The quantitative estimate of drug-likeness (QED) is 0.746. The Balaban J connectivity index is 2.06. The number of rotatable bonds is 4. The highest BCUT2D eigenvalue weighted by atomic mass is 32.2. The summed E-state index contributed by atoms with van der Waals surface area (Å²) in [5.41, 5.74) is 0.531. The maximum Gasteiger partial charge on any atom is 0.321 e. The van der Waals surface area contributed by atoms with E-state index in [1.807, 2.05) is 6.92 Å². The second-order valence-electron chi connectivity index (χ2n) is 4.92. The van der Waals surface area contributed by atoms with Crippen LogP contribution in [0.3, 0.4) is 0 Å². The second kappa shape index (κ2) is 6.58. The minimum Gasteiger partial charge on any atom is -0.338 e. The third-order valence-corrected chi connectivity index (χ3v) is 6.24. The Morgan fingerprint density at radius 3 is 2.58 bits per heavy atom. The molecular weight excluding hydrogens is 346 g/mol. The van der Waals surface area contributed by atoms with Crippen LogP contribution in [0.15, 0.2) is 58.3 Å². The van der Waals surface area contributed by atoms with Gasteiger partial charge in [0.05, 0.1) is 20.0 Å². The summed E-state index contributed by atoms with van der Waals surface area (Å²) in [5, 5.41) is 5.57. The molecule has 0 saturated carbocycles. The third kappa shape index (κ3) is 3.10. The van der Waals surface area contributed by atoms with Crippen LogP contribution in [0.4, 0.5) is 9.93 Å². The standard InChI is InChI=1S/C16H15N3O3S2/c1-2-17-15(20)19-16-18-12-9-6-10-13(14(12)23-16)24(21,22)11-7-4-3-5-8-11/h3-10H,2H2,1H3,(H2,17,18,19,20). The zero-order valence-corrected chi connectivity index (χ0v) is 14.4. The van der Waals surface area contributed by atoms with E-state index in [1.54, 1.807) is 48.5 Å².